The number of carbonyl (C=O) groups is 1. The van der Waals surface area contributed by atoms with E-state index in [1.807, 2.05) is 0 Å². The molecule has 0 atom stereocenters. The topological polar surface area (TPSA) is 108 Å². The van der Waals surface area contributed by atoms with E-state index in [1.54, 1.807) is 48.5 Å². The van der Waals surface area contributed by atoms with Gasteiger partial charge < -0.3 is 21.4 Å². The molecule has 0 aliphatic rings. The normalized spacial score (nSPS) is 11.1. The number of aromatic hydroxyl groups is 1. The lowest BCUT2D eigenvalue weighted by molar-refractivity contribution is -0.115. The van der Waals surface area contributed by atoms with Crippen molar-refractivity contribution in [2.75, 3.05) is 5.32 Å². The summed E-state index contributed by atoms with van der Waals surface area (Å²) in [6, 6.07) is 13.1. The molecular formula is C15H15N3O3. The van der Waals surface area contributed by atoms with Crippen LogP contribution in [0.2, 0.25) is 0 Å². The molecule has 2 aromatic carbocycles. The van der Waals surface area contributed by atoms with E-state index in [9.17, 15) is 9.90 Å². The van der Waals surface area contributed by atoms with Crippen LogP contribution in [0.1, 0.15) is 11.1 Å². The van der Waals surface area contributed by atoms with Crippen molar-refractivity contribution in [2.24, 2.45) is 10.9 Å². The fraction of sp³-hybridized carbons (Fsp3) is 0.0667. The van der Waals surface area contributed by atoms with Crippen LogP contribution < -0.4 is 11.1 Å². The highest BCUT2D eigenvalue weighted by molar-refractivity contribution is 5.98. The third-order valence-electron chi connectivity index (χ3n) is 2.85. The Morgan fingerprint density at radius 3 is 2.52 bits per heavy atom. The monoisotopic (exact) mass is 285 g/mol. The first-order valence-corrected chi connectivity index (χ1v) is 6.24. The maximum Gasteiger partial charge on any atom is 0.228 e. The molecule has 0 spiro atoms. The standard InChI is InChI=1S/C15H15N3O3/c16-15(18-21)11-4-6-12(7-5-11)17-14(20)9-10-2-1-3-13(19)8-10/h1-8,19,21H,9H2,(H2,16,18)(H,17,20). The van der Waals surface area contributed by atoms with E-state index in [0.29, 0.717) is 11.3 Å². The van der Waals surface area contributed by atoms with Gasteiger partial charge in [-0.1, -0.05) is 17.3 Å². The zero-order chi connectivity index (χ0) is 15.2. The number of benzene rings is 2. The van der Waals surface area contributed by atoms with Gasteiger partial charge in [0.25, 0.3) is 0 Å². The van der Waals surface area contributed by atoms with Gasteiger partial charge in [-0.15, -0.1) is 0 Å². The van der Waals surface area contributed by atoms with Crippen LogP contribution >= 0.6 is 0 Å². The number of nitrogens with two attached hydrogens (primary N) is 1. The Labute approximate surface area is 121 Å². The van der Waals surface area contributed by atoms with Gasteiger partial charge in [-0.05, 0) is 42.0 Å². The van der Waals surface area contributed by atoms with Gasteiger partial charge in [-0.25, -0.2) is 0 Å². The van der Waals surface area contributed by atoms with Crippen molar-refractivity contribution < 1.29 is 15.1 Å². The van der Waals surface area contributed by atoms with Crippen molar-refractivity contribution in [2.45, 2.75) is 6.42 Å². The molecule has 0 unspecified atom stereocenters. The first-order valence-electron chi connectivity index (χ1n) is 6.24. The molecule has 0 heterocycles. The minimum atomic E-state index is -0.197. The molecule has 0 saturated carbocycles. The Morgan fingerprint density at radius 1 is 1.19 bits per heavy atom. The zero-order valence-electron chi connectivity index (χ0n) is 11.2. The summed E-state index contributed by atoms with van der Waals surface area (Å²) in [4.78, 5) is 11.9. The molecule has 0 aliphatic heterocycles. The fourth-order valence-corrected chi connectivity index (χ4v) is 1.84. The van der Waals surface area contributed by atoms with Crippen LogP contribution in [0.15, 0.2) is 53.7 Å². The molecule has 0 bridgehead atoms. The Hall–Kier alpha value is -3.02. The molecule has 0 saturated heterocycles. The molecule has 5 N–H and O–H groups in total. The summed E-state index contributed by atoms with van der Waals surface area (Å²) in [6.45, 7) is 0. The summed E-state index contributed by atoms with van der Waals surface area (Å²) < 4.78 is 0. The summed E-state index contributed by atoms with van der Waals surface area (Å²) in [5.74, 6) is -0.0618. The second-order valence-corrected chi connectivity index (χ2v) is 4.46. The third kappa shape index (κ3) is 3.97. The van der Waals surface area contributed by atoms with Gasteiger partial charge in [0.05, 0.1) is 6.42 Å². The van der Waals surface area contributed by atoms with E-state index in [4.69, 9.17) is 10.9 Å². The predicted molar refractivity (Wildman–Crippen MR) is 79.4 cm³/mol. The smallest absolute Gasteiger partial charge is 0.228 e. The lowest BCUT2D eigenvalue weighted by Crippen LogP contribution is -2.15. The fourth-order valence-electron chi connectivity index (χ4n) is 1.84. The molecule has 0 aromatic heterocycles. The van der Waals surface area contributed by atoms with Crippen LogP contribution in [-0.2, 0) is 11.2 Å². The van der Waals surface area contributed by atoms with Crippen LogP contribution in [-0.4, -0.2) is 22.1 Å². The zero-order valence-corrected chi connectivity index (χ0v) is 11.2. The summed E-state index contributed by atoms with van der Waals surface area (Å²) in [5, 5.41) is 23.5. The van der Waals surface area contributed by atoms with Crippen LogP contribution in [0.3, 0.4) is 0 Å². The van der Waals surface area contributed by atoms with Gasteiger partial charge in [0, 0.05) is 11.3 Å². The van der Waals surface area contributed by atoms with Crippen molar-refractivity contribution in [1.82, 2.24) is 0 Å². The minimum Gasteiger partial charge on any atom is -0.508 e. The Balaban J connectivity index is 2.00. The molecule has 1 amide bonds. The number of phenols is 1. The Morgan fingerprint density at radius 2 is 1.90 bits per heavy atom. The minimum absolute atomic E-state index is 0.00707. The summed E-state index contributed by atoms with van der Waals surface area (Å²) >= 11 is 0. The highest BCUT2D eigenvalue weighted by Gasteiger charge is 2.05. The quantitative estimate of drug-likeness (QED) is 0.296. The maximum atomic E-state index is 11.9. The van der Waals surface area contributed by atoms with Gasteiger partial charge in [0.1, 0.15) is 5.75 Å². The van der Waals surface area contributed by atoms with Gasteiger partial charge in [-0.3, -0.25) is 4.79 Å². The molecule has 0 aliphatic carbocycles. The first-order chi connectivity index (χ1) is 10.1. The number of phenolic OH excluding ortho intramolecular Hbond substituents is 1. The third-order valence-corrected chi connectivity index (χ3v) is 2.85. The summed E-state index contributed by atoms with van der Waals surface area (Å²) in [5.41, 5.74) is 7.34. The van der Waals surface area contributed by atoms with Gasteiger partial charge in [0.15, 0.2) is 5.84 Å². The van der Waals surface area contributed by atoms with Gasteiger partial charge >= 0.3 is 0 Å². The van der Waals surface area contributed by atoms with Crippen LogP contribution in [0.25, 0.3) is 0 Å². The average Bonchev–Trinajstić information content (AvgIpc) is 2.47. The highest BCUT2D eigenvalue weighted by Crippen LogP contribution is 2.13. The number of carbonyl (C=O) groups excluding carboxylic acids is 1. The Kier molecular flexibility index (Phi) is 4.40. The van der Waals surface area contributed by atoms with Crippen LogP contribution in [0.5, 0.6) is 5.75 Å². The number of anilines is 1. The number of hydrogen-bond acceptors (Lipinski definition) is 4. The van der Waals surface area contributed by atoms with Crippen molar-refractivity contribution in [3.63, 3.8) is 0 Å². The number of nitrogens with zero attached hydrogens (tertiary/aromatic N) is 1. The van der Waals surface area contributed by atoms with E-state index in [-0.39, 0.29) is 23.9 Å². The lowest BCUT2D eigenvalue weighted by atomic mass is 10.1. The highest BCUT2D eigenvalue weighted by atomic mass is 16.4. The first kappa shape index (κ1) is 14.4. The number of nitrogens with one attached hydrogen (secondary N) is 1. The van der Waals surface area contributed by atoms with E-state index < -0.39 is 0 Å². The molecule has 6 heteroatoms. The maximum absolute atomic E-state index is 11.9. The second kappa shape index (κ2) is 6.42. The summed E-state index contributed by atoms with van der Waals surface area (Å²) in [6.07, 6.45) is 0.163. The van der Waals surface area contributed by atoms with E-state index >= 15 is 0 Å². The molecule has 21 heavy (non-hydrogen) atoms. The van der Waals surface area contributed by atoms with Crippen LogP contribution in [0, 0.1) is 0 Å². The number of amidine groups is 1. The molecule has 108 valence electrons. The van der Waals surface area contributed by atoms with Crippen LogP contribution in [0.4, 0.5) is 5.69 Å². The number of amides is 1. The predicted octanol–water partition coefficient (Wildman–Crippen LogP) is 1.67. The molecule has 2 rings (SSSR count). The van der Waals surface area contributed by atoms with Gasteiger partial charge in [-0.2, -0.15) is 0 Å². The molecule has 2 aromatic rings. The molecule has 0 fully saturated rings. The largest absolute Gasteiger partial charge is 0.508 e. The lowest BCUT2D eigenvalue weighted by Gasteiger charge is -2.06. The Bertz CT molecular complexity index is 666. The second-order valence-electron chi connectivity index (χ2n) is 4.46. The van der Waals surface area contributed by atoms with Gasteiger partial charge in [0.2, 0.25) is 5.91 Å². The number of oxime groups is 1. The van der Waals surface area contributed by atoms with E-state index in [1.165, 1.54) is 0 Å². The average molecular weight is 285 g/mol. The number of hydrogen-bond donors (Lipinski definition) is 4. The molecule has 0 radical (unpaired) electrons. The van der Waals surface area contributed by atoms with Crippen molar-refractivity contribution in [3.05, 3.63) is 59.7 Å². The summed E-state index contributed by atoms with van der Waals surface area (Å²) in [7, 11) is 0. The SMILES string of the molecule is NC(=NO)c1ccc(NC(=O)Cc2cccc(O)c2)cc1. The molecular weight excluding hydrogens is 270 g/mol. The molecule has 6 nitrogen and oxygen atoms in total. The van der Waals surface area contributed by atoms with E-state index in [2.05, 4.69) is 10.5 Å². The number of rotatable bonds is 4. The van der Waals surface area contributed by atoms with Crippen molar-refractivity contribution >= 4 is 17.4 Å². The van der Waals surface area contributed by atoms with Crippen molar-refractivity contribution in [1.29, 1.82) is 0 Å². The van der Waals surface area contributed by atoms with Crippen molar-refractivity contribution in [3.8, 4) is 5.75 Å². The van der Waals surface area contributed by atoms with E-state index in [0.717, 1.165) is 5.56 Å².